The van der Waals surface area contributed by atoms with E-state index >= 15 is 0 Å². The summed E-state index contributed by atoms with van der Waals surface area (Å²) in [6, 6.07) is 16.5. The molecule has 0 amide bonds. The van der Waals surface area contributed by atoms with Crippen molar-refractivity contribution in [2.75, 3.05) is 13.2 Å². The second-order valence-electron chi connectivity index (χ2n) is 9.62. The SMILES string of the molecule is CCn1nc[n+](CC)c1N=Nc1ccc(CCCOCCCc2ccc(N=Nc3n(CC)nc[n+]3CC)cc2)cc1. The van der Waals surface area contributed by atoms with E-state index in [0.717, 1.165) is 88.3 Å². The Morgan fingerprint density at radius 2 is 1.02 bits per heavy atom. The highest BCUT2D eigenvalue weighted by atomic mass is 16.5. The van der Waals surface area contributed by atoms with Crippen LogP contribution in [0.5, 0.6) is 0 Å². The van der Waals surface area contributed by atoms with Gasteiger partial charge in [-0.05, 0) is 99.0 Å². The summed E-state index contributed by atoms with van der Waals surface area (Å²) < 4.78 is 13.5. The van der Waals surface area contributed by atoms with Crippen molar-refractivity contribution in [1.29, 1.82) is 0 Å². The summed E-state index contributed by atoms with van der Waals surface area (Å²) in [6.07, 6.45) is 7.51. The van der Waals surface area contributed by atoms with E-state index in [0.29, 0.717) is 0 Å². The molecular formula is C30H42N10O+2. The molecule has 11 heteroatoms. The Balaban J connectivity index is 1.13. The molecule has 0 bridgehead atoms. The summed E-state index contributed by atoms with van der Waals surface area (Å²) in [5.41, 5.74) is 4.22. The number of nitrogens with zero attached hydrogens (tertiary/aromatic N) is 10. The highest BCUT2D eigenvalue weighted by Gasteiger charge is 2.16. The highest BCUT2D eigenvalue weighted by Crippen LogP contribution is 2.19. The molecule has 0 fully saturated rings. The van der Waals surface area contributed by atoms with Crippen molar-refractivity contribution in [2.24, 2.45) is 20.5 Å². The zero-order valence-corrected chi connectivity index (χ0v) is 24.7. The smallest absolute Gasteiger partial charge is 0.381 e. The molecule has 2 aromatic carbocycles. The zero-order chi connectivity index (χ0) is 28.9. The fourth-order valence-electron chi connectivity index (χ4n) is 4.39. The van der Waals surface area contributed by atoms with Crippen LogP contribution < -0.4 is 9.13 Å². The number of hydrogen-bond donors (Lipinski definition) is 0. The Hall–Kier alpha value is -4.12. The fraction of sp³-hybridized carbons (Fsp3) is 0.467. The number of benzene rings is 2. The van der Waals surface area contributed by atoms with Gasteiger partial charge in [-0.2, -0.15) is 0 Å². The van der Waals surface area contributed by atoms with Gasteiger partial charge in [-0.1, -0.05) is 34.5 Å². The van der Waals surface area contributed by atoms with Gasteiger partial charge in [0, 0.05) is 23.4 Å². The second kappa shape index (κ2) is 15.6. The lowest BCUT2D eigenvalue weighted by molar-refractivity contribution is -0.681. The van der Waals surface area contributed by atoms with Gasteiger partial charge < -0.3 is 4.74 Å². The van der Waals surface area contributed by atoms with Gasteiger partial charge in [-0.25, -0.2) is 9.13 Å². The molecular weight excluding hydrogens is 516 g/mol. The van der Waals surface area contributed by atoms with E-state index in [9.17, 15) is 0 Å². The molecule has 4 rings (SSSR count). The van der Waals surface area contributed by atoms with Crippen LogP contribution in [0.4, 0.5) is 23.3 Å². The Bertz CT molecular complexity index is 1250. The van der Waals surface area contributed by atoms with Crippen molar-refractivity contribution in [1.82, 2.24) is 19.6 Å². The van der Waals surface area contributed by atoms with Crippen LogP contribution in [0.25, 0.3) is 0 Å². The first-order valence-corrected chi connectivity index (χ1v) is 14.6. The monoisotopic (exact) mass is 558 g/mol. The Morgan fingerprint density at radius 1 is 0.610 bits per heavy atom. The van der Waals surface area contributed by atoms with E-state index < -0.39 is 0 Å². The summed E-state index contributed by atoms with van der Waals surface area (Å²) in [4.78, 5) is 0. The van der Waals surface area contributed by atoms with Crippen LogP contribution >= 0.6 is 0 Å². The summed E-state index contributed by atoms with van der Waals surface area (Å²) in [5, 5.41) is 26.3. The third kappa shape index (κ3) is 8.43. The minimum absolute atomic E-state index is 0.755. The van der Waals surface area contributed by atoms with Crippen LogP contribution in [0.1, 0.15) is 51.7 Å². The molecule has 0 N–H and O–H groups in total. The van der Waals surface area contributed by atoms with E-state index in [2.05, 4.69) is 68.8 Å². The minimum Gasteiger partial charge on any atom is -0.381 e. The van der Waals surface area contributed by atoms with Crippen LogP contribution in [0.15, 0.2) is 81.6 Å². The predicted molar refractivity (Wildman–Crippen MR) is 156 cm³/mol. The summed E-state index contributed by atoms with van der Waals surface area (Å²) in [7, 11) is 0. The first-order valence-electron chi connectivity index (χ1n) is 14.6. The average Bonchev–Trinajstić information content (AvgIpc) is 3.62. The van der Waals surface area contributed by atoms with Crippen LogP contribution in [-0.2, 0) is 43.8 Å². The van der Waals surface area contributed by atoms with E-state index in [1.807, 2.05) is 56.6 Å². The number of aromatic nitrogens is 6. The number of aryl methyl sites for hydroxylation is 6. The van der Waals surface area contributed by atoms with E-state index in [4.69, 9.17) is 4.74 Å². The molecule has 4 aromatic rings. The van der Waals surface area contributed by atoms with Gasteiger partial charge in [0.1, 0.15) is 0 Å². The summed E-state index contributed by atoms with van der Waals surface area (Å²) >= 11 is 0. The predicted octanol–water partition coefficient (Wildman–Crippen LogP) is 6.15. The van der Waals surface area contributed by atoms with E-state index in [1.165, 1.54) is 11.1 Å². The lowest BCUT2D eigenvalue weighted by atomic mass is 10.1. The lowest BCUT2D eigenvalue weighted by Crippen LogP contribution is -2.30. The van der Waals surface area contributed by atoms with Gasteiger partial charge >= 0.3 is 11.9 Å². The molecule has 0 aliphatic carbocycles. The van der Waals surface area contributed by atoms with Crippen LogP contribution in [0.2, 0.25) is 0 Å². The zero-order valence-electron chi connectivity index (χ0n) is 24.7. The number of ether oxygens (including phenoxy) is 1. The highest BCUT2D eigenvalue weighted by molar-refractivity contribution is 5.39. The molecule has 0 saturated carbocycles. The van der Waals surface area contributed by atoms with Crippen molar-refractivity contribution in [2.45, 2.75) is 79.6 Å². The molecule has 11 nitrogen and oxygen atoms in total. The normalized spacial score (nSPS) is 11.8. The third-order valence-corrected chi connectivity index (χ3v) is 6.81. The molecule has 2 heterocycles. The first kappa shape index (κ1) is 29.9. The molecule has 41 heavy (non-hydrogen) atoms. The minimum atomic E-state index is 0.755. The molecule has 0 aliphatic rings. The van der Waals surface area contributed by atoms with Crippen molar-refractivity contribution in [3.8, 4) is 0 Å². The third-order valence-electron chi connectivity index (χ3n) is 6.81. The van der Waals surface area contributed by atoms with Gasteiger partial charge in [0.2, 0.25) is 12.7 Å². The van der Waals surface area contributed by atoms with Crippen LogP contribution in [0.3, 0.4) is 0 Å². The van der Waals surface area contributed by atoms with Gasteiger partial charge in [0.25, 0.3) is 0 Å². The van der Waals surface area contributed by atoms with Gasteiger partial charge in [0.05, 0.1) is 37.6 Å². The van der Waals surface area contributed by atoms with Gasteiger partial charge in [-0.15, -0.1) is 9.36 Å². The maximum atomic E-state index is 5.88. The fourth-order valence-corrected chi connectivity index (χ4v) is 4.39. The van der Waals surface area contributed by atoms with E-state index in [-0.39, 0.29) is 0 Å². The standard InChI is InChI=1S/C30H42N10O/c1-5-37-23-31-39(7-3)29(37)35-33-27-17-13-25(14-18-27)11-9-21-41-22-10-12-26-15-19-28(20-16-26)34-36-30-38(6-2)24-32-40(30)8-4/h13-20,23-24H,5-12,21-22H2,1-4H3/q+2. The lowest BCUT2D eigenvalue weighted by Gasteiger charge is -2.05. The molecule has 2 aromatic heterocycles. The molecule has 0 saturated heterocycles. The maximum absolute atomic E-state index is 5.88. The second-order valence-corrected chi connectivity index (χ2v) is 9.62. The molecule has 0 aliphatic heterocycles. The van der Waals surface area contributed by atoms with Crippen molar-refractivity contribution >= 4 is 23.3 Å². The molecule has 216 valence electrons. The van der Waals surface area contributed by atoms with Gasteiger partial charge in [0.15, 0.2) is 0 Å². The summed E-state index contributed by atoms with van der Waals surface area (Å²) in [6.45, 7) is 12.9. The quantitative estimate of drug-likeness (QED) is 0.0936. The van der Waals surface area contributed by atoms with Crippen LogP contribution in [0, 0.1) is 0 Å². The number of hydrogen-bond acceptors (Lipinski definition) is 7. The van der Waals surface area contributed by atoms with Crippen molar-refractivity contribution in [3.05, 3.63) is 72.3 Å². The Kier molecular flexibility index (Phi) is 11.4. The van der Waals surface area contributed by atoms with Gasteiger partial charge in [-0.3, -0.25) is 0 Å². The first-order chi connectivity index (χ1) is 20.1. The topological polar surface area (TPSA) is 102 Å². The largest absolute Gasteiger partial charge is 0.403 e. The van der Waals surface area contributed by atoms with E-state index in [1.54, 1.807) is 12.7 Å². The molecule has 0 radical (unpaired) electrons. The Labute approximate surface area is 242 Å². The number of azo groups is 2. The summed E-state index contributed by atoms with van der Waals surface area (Å²) in [5.74, 6) is 1.52. The molecule has 0 unspecified atom stereocenters. The Morgan fingerprint density at radius 3 is 1.39 bits per heavy atom. The van der Waals surface area contributed by atoms with Crippen molar-refractivity contribution < 1.29 is 13.9 Å². The maximum Gasteiger partial charge on any atom is 0.403 e. The van der Waals surface area contributed by atoms with Crippen molar-refractivity contribution in [3.63, 3.8) is 0 Å². The van der Waals surface area contributed by atoms with Crippen LogP contribution in [-0.4, -0.2) is 32.8 Å². The number of rotatable bonds is 16. The molecule has 0 spiro atoms. The molecule has 0 atom stereocenters. The average molecular weight is 559 g/mol.